The van der Waals surface area contributed by atoms with Gasteiger partial charge in [0.1, 0.15) is 0 Å². The fourth-order valence-corrected chi connectivity index (χ4v) is 3.28. The van der Waals surface area contributed by atoms with E-state index in [0.717, 1.165) is 12.1 Å². The number of anilines is 1. The number of rotatable bonds is 4. The molecule has 2 aromatic heterocycles. The van der Waals surface area contributed by atoms with Crippen molar-refractivity contribution >= 4 is 34.1 Å². The summed E-state index contributed by atoms with van der Waals surface area (Å²) in [5.74, 6) is -5.28. The van der Waals surface area contributed by atoms with Crippen molar-refractivity contribution in [3.63, 3.8) is 0 Å². The third-order valence-electron chi connectivity index (χ3n) is 4.43. The van der Waals surface area contributed by atoms with E-state index >= 15 is 0 Å². The second-order valence-corrected chi connectivity index (χ2v) is 7.03. The molecular formula is C18H13ClF4N4O. The monoisotopic (exact) mass is 412 g/mol. The Bertz CT molecular complexity index is 1080. The van der Waals surface area contributed by atoms with Gasteiger partial charge < -0.3 is 10.3 Å². The fourth-order valence-electron chi connectivity index (χ4n) is 3.05. The average Bonchev–Trinajstić information content (AvgIpc) is 2.97. The van der Waals surface area contributed by atoms with E-state index in [1.165, 1.54) is 23.4 Å². The molecule has 28 heavy (non-hydrogen) atoms. The normalized spacial score (nSPS) is 16.2. The predicted octanol–water partition coefficient (Wildman–Crippen LogP) is 4.20. The fraction of sp³-hybridized carbons (Fsp3) is 0.222. The summed E-state index contributed by atoms with van der Waals surface area (Å²) in [7, 11) is 0. The molecule has 3 aromatic rings. The zero-order valence-corrected chi connectivity index (χ0v) is 15.0. The van der Waals surface area contributed by atoms with Crippen LogP contribution in [0.5, 0.6) is 0 Å². The van der Waals surface area contributed by atoms with E-state index in [1.807, 2.05) is 0 Å². The van der Waals surface area contributed by atoms with Gasteiger partial charge in [-0.2, -0.15) is 0 Å². The van der Waals surface area contributed by atoms with E-state index in [0.29, 0.717) is 16.6 Å². The van der Waals surface area contributed by atoms with E-state index in [-0.39, 0.29) is 35.9 Å². The Balaban J connectivity index is 1.49. The number of hydrogen-bond donors (Lipinski definition) is 2. The van der Waals surface area contributed by atoms with E-state index < -0.39 is 23.5 Å². The second-order valence-electron chi connectivity index (χ2n) is 6.62. The largest absolute Gasteiger partial charge is 0.359 e. The molecule has 5 nitrogen and oxygen atoms in total. The van der Waals surface area contributed by atoms with Gasteiger partial charge in [0, 0.05) is 30.4 Å². The standard InChI is InChI=1S/C18H13ClF4N4O/c19-11-1-9(4-24-16(11)6-27-7-18(22,23)8-27)17(28)26-15-5-25-14-3-13(21)12(20)2-10(14)15/h1-5,25H,6-8H2,(H,26,28). The van der Waals surface area contributed by atoms with Crippen LogP contribution in [0.2, 0.25) is 5.02 Å². The molecule has 1 aliphatic heterocycles. The number of alkyl halides is 2. The number of H-pyrrole nitrogens is 1. The highest BCUT2D eigenvalue weighted by Crippen LogP contribution is 2.30. The van der Waals surface area contributed by atoms with E-state index in [9.17, 15) is 22.4 Å². The van der Waals surface area contributed by atoms with Gasteiger partial charge in [-0.05, 0) is 12.1 Å². The molecule has 3 heterocycles. The molecule has 4 rings (SSSR count). The molecule has 2 N–H and O–H groups in total. The van der Waals surface area contributed by atoms with E-state index in [1.54, 1.807) is 0 Å². The number of likely N-dealkylation sites (tertiary alicyclic amines) is 1. The lowest BCUT2D eigenvalue weighted by atomic mass is 10.1. The lowest BCUT2D eigenvalue weighted by Crippen LogP contribution is -2.55. The molecule has 0 bridgehead atoms. The number of fused-ring (bicyclic) bond motifs is 1. The van der Waals surface area contributed by atoms with Gasteiger partial charge in [0.2, 0.25) is 0 Å². The molecule has 1 fully saturated rings. The highest BCUT2D eigenvalue weighted by Gasteiger charge is 2.43. The van der Waals surface area contributed by atoms with Crippen LogP contribution in [0.3, 0.4) is 0 Å². The third kappa shape index (κ3) is 3.55. The van der Waals surface area contributed by atoms with Crippen LogP contribution in [0.4, 0.5) is 23.2 Å². The van der Waals surface area contributed by atoms with Crippen molar-refractivity contribution in [3.05, 3.63) is 58.5 Å². The van der Waals surface area contributed by atoms with Gasteiger partial charge in [-0.3, -0.25) is 14.7 Å². The van der Waals surface area contributed by atoms with Gasteiger partial charge in [-0.25, -0.2) is 17.6 Å². The van der Waals surface area contributed by atoms with Gasteiger partial charge in [0.25, 0.3) is 11.8 Å². The Labute approximate surface area is 161 Å². The maximum absolute atomic E-state index is 13.5. The minimum absolute atomic E-state index is 0.139. The van der Waals surface area contributed by atoms with Crippen molar-refractivity contribution in [1.29, 1.82) is 0 Å². The summed E-state index contributed by atoms with van der Waals surface area (Å²) in [6.07, 6.45) is 2.69. The van der Waals surface area contributed by atoms with Crippen molar-refractivity contribution in [2.24, 2.45) is 0 Å². The maximum Gasteiger partial charge on any atom is 0.272 e. The van der Waals surface area contributed by atoms with Crippen molar-refractivity contribution in [3.8, 4) is 0 Å². The minimum Gasteiger partial charge on any atom is -0.359 e. The quantitative estimate of drug-likeness (QED) is 0.631. The van der Waals surface area contributed by atoms with Gasteiger partial charge in [0.15, 0.2) is 11.6 Å². The summed E-state index contributed by atoms with van der Waals surface area (Å²) < 4.78 is 52.6. The first-order valence-corrected chi connectivity index (χ1v) is 8.62. The SMILES string of the molecule is O=C(Nc1c[nH]c2cc(F)c(F)cc12)c1cnc(CN2CC(F)(F)C2)c(Cl)c1. The van der Waals surface area contributed by atoms with Crippen LogP contribution >= 0.6 is 11.6 Å². The van der Waals surface area contributed by atoms with Gasteiger partial charge in [-0.1, -0.05) is 11.6 Å². The molecule has 0 aliphatic carbocycles. The van der Waals surface area contributed by atoms with Gasteiger partial charge in [0.05, 0.1) is 40.6 Å². The maximum atomic E-state index is 13.5. The number of carbonyl (C=O) groups excluding carboxylic acids is 1. The summed E-state index contributed by atoms with van der Waals surface area (Å²) >= 11 is 6.13. The molecule has 1 amide bonds. The molecule has 146 valence electrons. The minimum atomic E-state index is -2.69. The highest BCUT2D eigenvalue weighted by atomic mass is 35.5. The zero-order valence-electron chi connectivity index (χ0n) is 14.2. The molecule has 0 atom stereocenters. The van der Waals surface area contributed by atoms with Crippen molar-refractivity contribution < 1.29 is 22.4 Å². The lowest BCUT2D eigenvalue weighted by molar-refractivity contribution is -0.134. The third-order valence-corrected chi connectivity index (χ3v) is 4.76. The molecule has 10 heteroatoms. The second kappa shape index (κ2) is 6.75. The van der Waals surface area contributed by atoms with Crippen LogP contribution < -0.4 is 5.32 Å². The number of amides is 1. The molecular weight excluding hydrogens is 400 g/mol. The Morgan fingerprint density at radius 2 is 1.96 bits per heavy atom. The number of carbonyl (C=O) groups is 1. The van der Waals surface area contributed by atoms with Crippen LogP contribution in [-0.2, 0) is 6.54 Å². The summed E-state index contributed by atoms with van der Waals surface area (Å²) in [4.78, 5) is 20.8. The Hall–Kier alpha value is -2.65. The van der Waals surface area contributed by atoms with Crippen molar-refractivity contribution in [2.75, 3.05) is 18.4 Å². The number of pyridine rings is 1. The smallest absolute Gasteiger partial charge is 0.272 e. The van der Waals surface area contributed by atoms with Crippen LogP contribution in [-0.4, -0.2) is 39.8 Å². The van der Waals surface area contributed by atoms with E-state index in [2.05, 4.69) is 15.3 Å². The van der Waals surface area contributed by atoms with Crippen LogP contribution in [0.1, 0.15) is 16.1 Å². The highest BCUT2D eigenvalue weighted by molar-refractivity contribution is 6.31. The number of halogens is 5. The number of aromatic amines is 1. The number of hydrogen-bond acceptors (Lipinski definition) is 3. The van der Waals surface area contributed by atoms with Crippen LogP contribution in [0.25, 0.3) is 10.9 Å². The number of aromatic nitrogens is 2. The molecule has 1 aliphatic rings. The Kier molecular flexibility index (Phi) is 4.51. The van der Waals surface area contributed by atoms with E-state index in [4.69, 9.17) is 11.6 Å². The first-order valence-electron chi connectivity index (χ1n) is 8.24. The van der Waals surface area contributed by atoms with Crippen molar-refractivity contribution in [2.45, 2.75) is 12.5 Å². The van der Waals surface area contributed by atoms with Crippen LogP contribution in [0.15, 0.2) is 30.6 Å². The van der Waals surface area contributed by atoms with Crippen LogP contribution in [0, 0.1) is 11.6 Å². The van der Waals surface area contributed by atoms with Crippen molar-refractivity contribution in [1.82, 2.24) is 14.9 Å². The molecule has 0 unspecified atom stereocenters. The molecule has 0 saturated carbocycles. The molecule has 1 aromatic carbocycles. The predicted molar refractivity (Wildman–Crippen MR) is 95.6 cm³/mol. The van der Waals surface area contributed by atoms with Gasteiger partial charge in [-0.15, -0.1) is 0 Å². The zero-order chi connectivity index (χ0) is 20.1. The number of benzene rings is 1. The topological polar surface area (TPSA) is 61.0 Å². The Morgan fingerprint density at radius 3 is 2.64 bits per heavy atom. The first-order chi connectivity index (χ1) is 13.2. The number of nitrogens with one attached hydrogen (secondary N) is 2. The molecule has 0 radical (unpaired) electrons. The number of nitrogens with zero attached hydrogens (tertiary/aromatic N) is 2. The summed E-state index contributed by atoms with van der Waals surface area (Å²) in [5, 5.41) is 3.06. The first kappa shape index (κ1) is 18.7. The van der Waals surface area contributed by atoms with Gasteiger partial charge >= 0.3 is 0 Å². The summed E-state index contributed by atoms with van der Waals surface area (Å²) in [6.45, 7) is -0.556. The Morgan fingerprint density at radius 1 is 1.25 bits per heavy atom. The summed E-state index contributed by atoms with van der Waals surface area (Å²) in [6, 6.07) is 3.35. The molecule has 0 spiro atoms. The molecule has 1 saturated heterocycles. The summed E-state index contributed by atoms with van der Waals surface area (Å²) in [5.41, 5.74) is 1.12. The average molecular weight is 413 g/mol. The lowest BCUT2D eigenvalue weighted by Gasteiger charge is -2.38.